The van der Waals surface area contributed by atoms with Gasteiger partial charge in [0.25, 0.3) is 0 Å². The molecule has 0 saturated carbocycles. The van der Waals surface area contributed by atoms with Crippen LogP contribution in [0, 0.1) is 0 Å². The lowest BCUT2D eigenvalue weighted by atomic mass is 9.79. The van der Waals surface area contributed by atoms with Crippen molar-refractivity contribution in [2.24, 2.45) is 0 Å². The van der Waals surface area contributed by atoms with Gasteiger partial charge in [-0.1, -0.05) is 12.1 Å². The molecule has 5 N–H and O–H groups in total. The van der Waals surface area contributed by atoms with E-state index in [1.54, 1.807) is 7.11 Å². The van der Waals surface area contributed by atoms with E-state index < -0.39 is 36.4 Å². The number of pyridine rings is 1. The number of nitrogens with zero attached hydrogens (tertiary/aromatic N) is 2. The molecule has 0 bridgehead atoms. The summed E-state index contributed by atoms with van der Waals surface area (Å²) in [7, 11) is 1.73. The maximum Gasteiger partial charge on any atom is 0.336 e. The van der Waals surface area contributed by atoms with E-state index in [4.69, 9.17) is 25.2 Å². The van der Waals surface area contributed by atoms with E-state index >= 15 is 0 Å². The normalized spacial score (nSPS) is 16.5. The summed E-state index contributed by atoms with van der Waals surface area (Å²) in [5.41, 5.74) is 0.103. The van der Waals surface area contributed by atoms with Gasteiger partial charge in [-0.3, -0.25) is 19.5 Å². The minimum absolute atomic E-state index is 0.122. The molecule has 1 aromatic carbocycles. The quantitative estimate of drug-likeness (QED) is 0.274. The summed E-state index contributed by atoms with van der Waals surface area (Å²) in [5.74, 6) is -4.10. The van der Waals surface area contributed by atoms with E-state index in [0.717, 1.165) is 31.7 Å². The van der Waals surface area contributed by atoms with E-state index in [9.17, 15) is 14.4 Å². The van der Waals surface area contributed by atoms with Crippen LogP contribution in [0.4, 0.5) is 0 Å². The highest BCUT2D eigenvalue weighted by atomic mass is 16.5. The maximum absolute atomic E-state index is 10.3. The van der Waals surface area contributed by atoms with Gasteiger partial charge in [-0.2, -0.15) is 0 Å². The van der Waals surface area contributed by atoms with Crippen LogP contribution in [0.1, 0.15) is 64.5 Å². The molecule has 220 valence electrons. The number of nitrogens with one attached hydrogen (secondary N) is 1. The van der Waals surface area contributed by atoms with Crippen LogP contribution in [-0.4, -0.2) is 78.0 Å². The molecule has 11 nitrogen and oxygen atoms in total. The van der Waals surface area contributed by atoms with E-state index in [-0.39, 0.29) is 11.1 Å². The van der Waals surface area contributed by atoms with Gasteiger partial charge in [0, 0.05) is 42.6 Å². The van der Waals surface area contributed by atoms with Gasteiger partial charge in [0.1, 0.15) is 5.75 Å². The SMILES string of the molecule is COc1cccc(CN(Cc2ccncc2)C2CC(C)(C)NC(C)(C)C2)c1.O=C(O)CC(O)(CC(=O)O)C(=O)O. The number of carboxylic acid groups (broad SMARTS) is 3. The summed E-state index contributed by atoms with van der Waals surface area (Å²) in [4.78, 5) is 37.3. The molecule has 1 aromatic heterocycles. The maximum atomic E-state index is 10.3. The Labute approximate surface area is 234 Å². The van der Waals surface area contributed by atoms with Gasteiger partial charge in [0.05, 0.1) is 20.0 Å². The Morgan fingerprint density at radius 2 is 1.48 bits per heavy atom. The van der Waals surface area contributed by atoms with Crippen LogP contribution < -0.4 is 10.1 Å². The zero-order chi connectivity index (χ0) is 30.1. The standard InChI is InChI=1S/C23H33N3O.C6H8O7/c1-22(2)14-20(15-23(3,4)25-22)26(16-18-9-11-24-12-10-18)17-19-7-6-8-21(13-19)27-5;7-3(8)1-6(13,5(11)12)2-4(9)10/h6-13,20,25H,14-17H2,1-5H3;13H,1-2H2,(H,7,8)(H,9,10)(H,11,12). The average molecular weight is 560 g/mol. The van der Waals surface area contributed by atoms with Crippen LogP contribution in [0.15, 0.2) is 48.8 Å². The van der Waals surface area contributed by atoms with Crippen molar-refractivity contribution in [1.82, 2.24) is 15.2 Å². The Balaban J connectivity index is 0.000000366. The second-order valence-electron chi connectivity index (χ2n) is 11.5. The molecule has 40 heavy (non-hydrogen) atoms. The minimum Gasteiger partial charge on any atom is -0.497 e. The zero-order valence-corrected chi connectivity index (χ0v) is 23.8. The Hall–Kier alpha value is -3.54. The Morgan fingerprint density at radius 1 is 0.950 bits per heavy atom. The third-order valence-electron chi connectivity index (χ3n) is 6.63. The highest BCUT2D eigenvalue weighted by molar-refractivity contribution is 5.88. The molecule has 2 aromatic rings. The molecule has 0 atom stereocenters. The molecule has 0 amide bonds. The van der Waals surface area contributed by atoms with E-state index in [2.05, 4.69) is 73.2 Å². The number of carboxylic acids is 3. The summed E-state index contributed by atoms with van der Waals surface area (Å²) in [6.07, 6.45) is 3.74. The van der Waals surface area contributed by atoms with Crippen molar-refractivity contribution >= 4 is 17.9 Å². The molecule has 1 fully saturated rings. The molecule has 0 unspecified atom stereocenters. The number of hydrogen-bond acceptors (Lipinski definition) is 8. The van der Waals surface area contributed by atoms with Crippen molar-refractivity contribution in [2.75, 3.05) is 7.11 Å². The number of hydrogen-bond donors (Lipinski definition) is 5. The third-order valence-corrected chi connectivity index (χ3v) is 6.63. The predicted octanol–water partition coefficient (Wildman–Crippen LogP) is 3.15. The first kappa shape index (κ1) is 32.7. The van der Waals surface area contributed by atoms with Gasteiger partial charge in [0.15, 0.2) is 5.60 Å². The van der Waals surface area contributed by atoms with Gasteiger partial charge in [0.2, 0.25) is 0 Å². The Bertz CT molecular complexity index is 1120. The van der Waals surface area contributed by atoms with Crippen molar-refractivity contribution in [3.05, 3.63) is 59.9 Å². The molecule has 2 heterocycles. The first-order chi connectivity index (χ1) is 18.5. The van der Waals surface area contributed by atoms with Crippen molar-refractivity contribution in [2.45, 2.75) is 89.2 Å². The molecule has 1 saturated heterocycles. The van der Waals surface area contributed by atoms with Gasteiger partial charge >= 0.3 is 17.9 Å². The largest absolute Gasteiger partial charge is 0.497 e. The van der Waals surface area contributed by atoms with Crippen LogP contribution in [0.2, 0.25) is 0 Å². The number of methoxy groups -OCH3 is 1. The molecule has 1 aliphatic rings. The highest BCUT2D eigenvalue weighted by Gasteiger charge is 2.41. The second kappa shape index (κ2) is 13.7. The van der Waals surface area contributed by atoms with Crippen molar-refractivity contribution in [3.63, 3.8) is 0 Å². The lowest BCUT2D eigenvalue weighted by Gasteiger charge is -2.49. The van der Waals surface area contributed by atoms with Crippen LogP contribution in [0.25, 0.3) is 0 Å². The first-order valence-electron chi connectivity index (χ1n) is 13.0. The van der Waals surface area contributed by atoms with Crippen molar-refractivity contribution in [3.8, 4) is 5.75 Å². The lowest BCUT2D eigenvalue weighted by Crippen LogP contribution is -2.62. The number of aliphatic hydroxyl groups is 1. The molecule has 0 spiro atoms. The van der Waals surface area contributed by atoms with Gasteiger partial charge < -0.3 is 30.5 Å². The summed E-state index contributed by atoms with van der Waals surface area (Å²) in [6.45, 7) is 11.1. The van der Waals surface area contributed by atoms with Crippen LogP contribution in [0.3, 0.4) is 0 Å². The number of piperidine rings is 1. The number of benzene rings is 1. The van der Waals surface area contributed by atoms with E-state index in [1.165, 1.54) is 11.1 Å². The molecule has 1 aliphatic heterocycles. The molecule has 3 rings (SSSR count). The van der Waals surface area contributed by atoms with Crippen LogP contribution in [0.5, 0.6) is 5.75 Å². The highest BCUT2D eigenvalue weighted by Crippen LogP contribution is 2.33. The minimum atomic E-state index is -2.74. The van der Waals surface area contributed by atoms with Gasteiger partial charge in [-0.15, -0.1) is 0 Å². The van der Waals surface area contributed by atoms with E-state index in [0.29, 0.717) is 6.04 Å². The summed E-state index contributed by atoms with van der Waals surface area (Å²) >= 11 is 0. The average Bonchev–Trinajstić information content (AvgIpc) is 2.82. The van der Waals surface area contributed by atoms with Crippen molar-refractivity contribution < 1.29 is 39.5 Å². The number of ether oxygens (including phenoxy) is 1. The number of rotatable bonds is 11. The summed E-state index contributed by atoms with van der Waals surface area (Å²) in [6, 6.07) is 13.2. The van der Waals surface area contributed by atoms with Crippen LogP contribution in [-0.2, 0) is 27.5 Å². The molecule has 0 aliphatic carbocycles. The summed E-state index contributed by atoms with van der Waals surface area (Å²) < 4.78 is 5.43. The Morgan fingerprint density at radius 3 is 1.95 bits per heavy atom. The monoisotopic (exact) mass is 559 g/mol. The van der Waals surface area contributed by atoms with Gasteiger partial charge in [-0.05, 0) is 75.9 Å². The zero-order valence-electron chi connectivity index (χ0n) is 23.8. The van der Waals surface area contributed by atoms with Crippen molar-refractivity contribution in [1.29, 1.82) is 0 Å². The number of aromatic nitrogens is 1. The fourth-order valence-electron chi connectivity index (χ4n) is 5.28. The third kappa shape index (κ3) is 10.6. The lowest BCUT2D eigenvalue weighted by molar-refractivity contribution is -0.170. The van der Waals surface area contributed by atoms with E-state index in [1.807, 2.05) is 18.5 Å². The van der Waals surface area contributed by atoms with Crippen LogP contribution >= 0.6 is 0 Å². The van der Waals surface area contributed by atoms with Gasteiger partial charge in [-0.25, -0.2) is 4.79 Å². The summed E-state index contributed by atoms with van der Waals surface area (Å²) in [5, 5.41) is 37.6. The Kier molecular flexibility index (Phi) is 11.2. The number of aliphatic carboxylic acids is 3. The molecular weight excluding hydrogens is 518 g/mol. The molecule has 0 radical (unpaired) electrons. The fraction of sp³-hybridized carbons (Fsp3) is 0.517. The molecule has 11 heteroatoms. The first-order valence-corrected chi connectivity index (χ1v) is 13.0. The topological polar surface area (TPSA) is 170 Å². The fourth-order valence-corrected chi connectivity index (χ4v) is 5.28. The number of carbonyl (C=O) groups is 3. The smallest absolute Gasteiger partial charge is 0.336 e. The second-order valence-corrected chi connectivity index (χ2v) is 11.5. The molecular formula is C29H41N3O8. The predicted molar refractivity (Wildman–Crippen MR) is 148 cm³/mol.